The fourth-order valence-corrected chi connectivity index (χ4v) is 2.10. The zero-order valence-corrected chi connectivity index (χ0v) is 13.5. The summed E-state index contributed by atoms with van der Waals surface area (Å²) in [6.45, 7) is 4.46. The number of rotatable bonds is 6. The van der Waals surface area contributed by atoms with Crippen molar-refractivity contribution in [2.45, 2.75) is 20.3 Å². The van der Waals surface area contributed by atoms with Gasteiger partial charge in [-0.25, -0.2) is 0 Å². The Morgan fingerprint density at radius 1 is 1.19 bits per heavy atom. The Kier molecular flexibility index (Phi) is 6.21. The van der Waals surface area contributed by atoms with E-state index in [1.165, 1.54) is 0 Å². The lowest BCUT2D eigenvalue weighted by Gasteiger charge is -2.19. The van der Waals surface area contributed by atoms with Crippen molar-refractivity contribution in [3.8, 4) is 0 Å². The van der Waals surface area contributed by atoms with Gasteiger partial charge in [0, 0.05) is 38.9 Å². The van der Waals surface area contributed by atoms with E-state index in [4.69, 9.17) is 4.74 Å². The molecule has 0 radical (unpaired) electrons. The number of hydrogen-bond donors (Lipinski definition) is 0. The molecule has 0 aromatic heterocycles. The molecule has 0 N–H and O–H groups in total. The number of nitrogens with zero attached hydrogens (tertiary/aromatic N) is 2. The summed E-state index contributed by atoms with van der Waals surface area (Å²) in [7, 11) is 5.63. The van der Waals surface area contributed by atoms with E-state index in [0.717, 1.165) is 11.3 Å². The van der Waals surface area contributed by atoms with Crippen LogP contribution in [-0.2, 0) is 9.53 Å². The van der Waals surface area contributed by atoms with Crippen LogP contribution in [0.25, 0.3) is 0 Å². The topological polar surface area (TPSA) is 49.9 Å². The molecule has 5 heteroatoms. The third-order valence-electron chi connectivity index (χ3n) is 3.23. The standard InChI is InChI=1S/C16H24N2O3/c1-6-21-15(19)9-10-18(5)16(20)13-7-8-14(17(3)4)12(2)11-13/h7-8,11H,6,9-10H2,1-5H3. The predicted octanol–water partition coefficient (Wildman–Crippen LogP) is 2.09. The maximum absolute atomic E-state index is 12.3. The van der Waals surface area contributed by atoms with Gasteiger partial charge < -0.3 is 14.5 Å². The first kappa shape index (κ1) is 17.0. The molecule has 0 heterocycles. The molecule has 0 spiro atoms. The Morgan fingerprint density at radius 2 is 1.86 bits per heavy atom. The molecule has 1 aromatic rings. The maximum Gasteiger partial charge on any atom is 0.307 e. The van der Waals surface area contributed by atoms with Gasteiger partial charge in [0.1, 0.15) is 0 Å². The quantitative estimate of drug-likeness (QED) is 0.753. The second kappa shape index (κ2) is 7.67. The summed E-state index contributed by atoms with van der Waals surface area (Å²) in [5.41, 5.74) is 2.76. The number of carbonyl (C=O) groups excluding carboxylic acids is 2. The average molecular weight is 292 g/mol. The van der Waals surface area contributed by atoms with E-state index in [-0.39, 0.29) is 18.3 Å². The number of ether oxygens (including phenoxy) is 1. The van der Waals surface area contributed by atoms with Crippen molar-refractivity contribution in [2.75, 3.05) is 39.2 Å². The Hall–Kier alpha value is -2.04. The third kappa shape index (κ3) is 4.77. The van der Waals surface area contributed by atoms with Gasteiger partial charge in [0.2, 0.25) is 0 Å². The van der Waals surface area contributed by atoms with Gasteiger partial charge in [0.05, 0.1) is 13.0 Å². The van der Waals surface area contributed by atoms with E-state index in [2.05, 4.69) is 0 Å². The van der Waals surface area contributed by atoms with E-state index in [1.54, 1.807) is 18.9 Å². The highest BCUT2D eigenvalue weighted by Crippen LogP contribution is 2.19. The zero-order chi connectivity index (χ0) is 16.0. The number of benzene rings is 1. The number of aryl methyl sites for hydroxylation is 1. The first-order valence-corrected chi connectivity index (χ1v) is 7.05. The summed E-state index contributed by atoms with van der Waals surface area (Å²) in [4.78, 5) is 27.2. The van der Waals surface area contributed by atoms with Gasteiger partial charge in [0.15, 0.2) is 0 Å². The van der Waals surface area contributed by atoms with Crippen molar-refractivity contribution < 1.29 is 14.3 Å². The SMILES string of the molecule is CCOC(=O)CCN(C)C(=O)c1ccc(N(C)C)c(C)c1. The first-order valence-electron chi connectivity index (χ1n) is 7.05. The molecule has 0 unspecified atom stereocenters. The van der Waals surface area contributed by atoms with Crippen LogP contribution < -0.4 is 4.90 Å². The fourth-order valence-electron chi connectivity index (χ4n) is 2.10. The van der Waals surface area contributed by atoms with E-state index in [1.807, 2.05) is 44.1 Å². The van der Waals surface area contributed by atoms with Gasteiger partial charge in [-0.2, -0.15) is 0 Å². The van der Waals surface area contributed by atoms with Crippen molar-refractivity contribution >= 4 is 17.6 Å². The van der Waals surface area contributed by atoms with Gasteiger partial charge in [-0.3, -0.25) is 9.59 Å². The van der Waals surface area contributed by atoms with Crippen LogP contribution in [0.3, 0.4) is 0 Å². The number of amides is 1. The molecule has 0 aliphatic carbocycles. The minimum absolute atomic E-state index is 0.0901. The molecule has 0 fully saturated rings. The third-order valence-corrected chi connectivity index (χ3v) is 3.23. The van der Waals surface area contributed by atoms with Gasteiger partial charge in [-0.05, 0) is 37.6 Å². The van der Waals surface area contributed by atoms with Crippen LogP contribution in [0, 0.1) is 6.92 Å². The van der Waals surface area contributed by atoms with Crippen LogP contribution in [0.1, 0.15) is 29.3 Å². The highest BCUT2D eigenvalue weighted by atomic mass is 16.5. The lowest BCUT2D eigenvalue weighted by molar-refractivity contribution is -0.143. The minimum Gasteiger partial charge on any atom is -0.466 e. The highest BCUT2D eigenvalue weighted by molar-refractivity contribution is 5.95. The van der Waals surface area contributed by atoms with Crippen molar-refractivity contribution in [2.24, 2.45) is 0 Å². The van der Waals surface area contributed by atoms with Crippen LogP contribution >= 0.6 is 0 Å². The molecule has 0 aliphatic rings. The Labute approximate surface area is 126 Å². The smallest absolute Gasteiger partial charge is 0.307 e. The molecule has 1 rings (SSSR count). The molecule has 0 saturated heterocycles. The van der Waals surface area contributed by atoms with E-state index in [9.17, 15) is 9.59 Å². The molecule has 5 nitrogen and oxygen atoms in total. The minimum atomic E-state index is -0.281. The molecule has 116 valence electrons. The molecular formula is C16H24N2O3. The highest BCUT2D eigenvalue weighted by Gasteiger charge is 2.14. The summed E-state index contributed by atoms with van der Waals surface area (Å²) in [5, 5.41) is 0. The Bertz CT molecular complexity index is 512. The number of anilines is 1. The van der Waals surface area contributed by atoms with Gasteiger partial charge in [0.25, 0.3) is 5.91 Å². The summed E-state index contributed by atoms with van der Waals surface area (Å²) in [6.07, 6.45) is 0.213. The molecule has 21 heavy (non-hydrogen) atoms. The second-order valence-electron chi connectivity index (χ2n) is 5.18. The van der Waals surface area contributed by atoms with E-state index >= 15 is 0 Å². The van der Waals surface area contributed by atoms with Gasteiger partial charge in [-0.1, -0.05) is 0 Å². The van der Waals surface area contributed by atoms with E-state index in [0.29, 0.717) is 18.7 Å². The Morgan fingerprint density at radius 3 is 2.38 bits per heavy atom. The number of hydrogen-bond acceptors (Lipinski definition) is 4. The molecule has 0 saturated carbocycles. The van der Waals surface area contributed by atoms with Crippen LogP contribution in [0.2, 0.25) is 0 Å². The lowest BCUT2D eigenvalue weighted by atomic mass is 10.1. The summed E-state index contributed by atoms with van der Waals surface area (Å²) in [5.74, 6) is -0.371. The number of carbonyl (C=O) groups is 2. The Balaban J connectivity index is 2.70. The average Bonchev–Trinajstić information content (AvgIpc) is 2.43. The zero-order valence-electron chi connectivity index (χ0n) is 13.5. The number of esters is 1. The molecule has 1 aromatic carbocycles. The monoisotopic (exact) mass is 292 g/mol. The van der Waals surface area contributed by atoms with Crippen LogP contribution in [0.5, 0.6) is 0 Å². The molecule has 0 atom stereocenters. The summed E-state index contributed by atoms with van der Waals surface area (Å²) in [6, 6.07) is 5.62. The van der Waals surface area contributed by atoms with Gasteiger partial charge >= 0.3 is 5.97 Å². The lowest BCUT2D eigenvalue weighted by Crippen LogP contribution is -2.29. The summed E-state index contributed by atoms with van der Waals surface area (Å²) >= 11 is 0. The summed E-state index contributed by atoms with van der Waals surface area (Å²) < 4.78 is 4.86. The normalized spacial score (nSPS) is 10.1. The van der Waals surface area contributed by atoms with Crippen molar-refractivity contribution in [3.63, 3.8) is 0 Å². The van der Waals surface area contributed by atoms with Crippen molar-refractivity contribution in [1.29, 1.82) is 0 Å². The van der Waals surface area contributed by atoms with E-state index < -0.39 is 0 Å². The molecule has 1 amide bonds. The van der Waals surface area contributed by atoms with Crippen molar-refractivity contribution in [1.82, 2.24) is 4.90 Å². The van der Waals surface area contributed by atoms with Crippen LogP contribution in [-0.4, -0.2) is 51.1 Å². The van der Waals surface area contributed by atoms with Crippen LogP contribution in [0.4, 0.5) is 5.69 Å². The molecular weight excluding hydrogens is 268 g/mol. The van der Waals surface area contributed by atoms with Crippen molar-refractivity contribution in [3.05, 3.63) is 29.3 Å². The van der Waals surface area contributed by atoms with Crippen LogP contribution in [0.15, 0.2) is 18.2 Å². The first-order chi connectivity index (χ1) is 9.86. The second-order valence-corrected chi connectivity index (χ2v) is 5.18. The molecule has 0 bridgehead atoms. The predicted molar refractivity (Wildman–Crippen MR) is 83.7 cm³/mol. The fraction of sp³-hybridized carbons (Fsp3) is 0.500. The largest absolute Gasteiger partial charge is 0.466 e. The van der Waals surface area contributed by atoms with Gasteiger partial charge in [-0.15, -0.1) is 0 Å². The molecule has 0 aliphatic heterocycles. The maximum atomic E-state index is 12.3.